The van der Waals surface area contributed by atoms with Crippen molar-refractivity contribution in [1.82, 2.24) is 19.5 Å². The summed E-state index contributed by atoms with van der Waals surface area (Å²) in [5.41, 5.74) is 0.817. The summed E-state index contributed by atoms with van der Waals surface area (Å²) in [6.07, 6.45) is -3.03. The maximum absolute atomic E-state index is 11.4. The van der Waals surface area contributed by atoms with Crippen molar-refractivity contribution in [2.24, 2.45) is 0 Å². The van der Waals surface area contributed by atoms with Crippen LogP contribution in [0.1, 0.15) is 24.8 Å². The number of nitrogens with one attached hydrogen (secondary N) is 1. The molecule has 1 aliphatic heterocycles. The van der Waals surface area contributed by atoms with Crippen LogP contribution < -0.4 is 5.32 Å². The Labute approximate surface area is 191 Å². The number of aliphatic hydroxyl groups is 2. The summed E-state index contributed by atoms with van der Waals surface area (Å²) in [5, 5.41) is 34.6. The summed E-state index contributed by atoms with van der Waals surface area (Å²) in [7, 11) is -4.98. The fraction of sp³-hybridized carbons (Fsp3) is 0.389. The van der Waals surface area contributed by atoms with Crippen molar-refractivity contribution in [2.45, 2.75) is 37.5 Å². The van der Waals surface area contributed by atoms with E-state index in [-0.39, 0.29) is 22.7 Å². The van der Waals surface area contributed by atoms with E-state index < -0.39 is 49.9 Å². The van der Waals surface area contributed by atoms with Crippen molar-refractivity contribution >= 4 is 30.5 Å². The normalized spacial score (nSPS) is 23.8. The highest BCUT2D eigenvalue weighted by molar-refractivity contribution is 7.46. The lowest BCUT2D eigenvalue weighted by molar-refractivity contribution is -0.385. The van der Waals surface area contributed by atoms with Crippen LogP contribution in [0.15, 0.2) is 36.9 Å². The van der Waals surface area contributed by atoms with Crippen LogP contribution in [-0.2, 0) is 13.8 Å². The average molecular weight is 496 g/mol. The minimum Gasteiger partial charge on any atom is -0.394 e. The molecule has 1 fully saturated rings. The Morgan fingerprint density at radius 2 is 2.06 bits per heavy atom. The number of fused-ring (bicyclic) bond motifs is 1. The number of benzene rings is 1. The van der Waals surface area contributed by atoms with Crippen molar-refractivity contribution in [3.8, 4) is 0 Å². The molecular weight excluding hydrogens is 475 g/mol. The first-order valence-corrected chi connectivity index (χ1v) is 11.5. The van der Waals surface area contributed by atoms with Gasteiger partial charge in [-0.3, -0.25) is 19.2 Å². The lowest BCUT2D eigenvalue weighted by Crippen LogP contribution is -2.35. The summed E-state index contributed by atoms with van der Waals surface area (Å²) in [6, 6.07) is 5.72. The fourth-order valence-corrected chi connectivity index (χ4v) is 4.41. The molecular formula is C18H21N6O9P. The van der Waals surface area contributed by atoms with E-state index in [2.05, 4.69) is 24.8 Å². The molecule has 34 heavy (non-hydrogen) atoms. The Kier molecular flexibility index (Phi) is 6.60. The lowest BCUT2D eigenvalue weighted by Gasteiger charge is -2.20. The molecule has 3 aromatic rings. The Hall–Kier alpha value is -3.04. The molecule has 4 rings (SSSR count). The average Bonchev–Trinajstić information content (AvgIpc) is 3.34. The van der Waals surface area contributed by atoms with Crippen LogP contribution in [-0.4, -0.2) is 69.4 Å². The largest absolute Gasteiger partial charge is 0.470 e. The molecule has 0 spiro atoms. The first kappa shape index (κ1) is 24.1. The van der Waals surface area contributed by atoms with Crippen molar-refractivity contribution in [3.63, 3.8) is 0 Å². The number of phosphoric ester groups is 1. The topological polar surface area (TPSA) is 215 Å². The van der Waals surface area contributed by atoms with Gasteiger partial charge in [-0.2, -0.15) is 0 Å². The number of para-hydroxylation sites is 1. The van der Waals surface area contributed by atoms with Gasteiger partial charge in [0.15, 0.2) is 23.2 Å². The van der Waals surface area contributed by atoms with Gasteiger partial charge in [0.05, 0.1) is 29.5 Å². The summed E-state index contributed by atoms with van der Waals surface area (Å²) < 4.78 is 22.8. The fourth-order valence-electron chi connectivity index (χ4n) is 3.83. The molecule has 0 amide bonds. The second kappa shape index (κ2) is 9.31. The summed E-state index contributed by atoms with van der Waals surface area (Å²) >= 11 is 0. The van der Waals surface area contributed by atoms with Crippen LogP contribution in [0.4, 0.5) is 11.5 Å². The summed E-state index contributed by atoms with van der Waals surface area (Å²) in [5.74, 6) is 0.253. The maximum Gasteiger partial charge on any atom is 0.470 e. The van der Waals surface area contributed by atoms with Crippen molar-refractivity contribution in [2.75, 3.05) is 11.9 Å². The standard InChI is InChI=1S/C18H21N6O9P/c1-9(10-4-2-3-5-11(10)24(27)28)22-16-13-17(20-7-19-16)23(8-21-13)18-14(26)15(12(6-25)32-18)33-34(29,30)31/h2-5,7-9,12,14-15,18,25-26H,6H2,1H3,(H,19,20,22)(H2,29,30,31)/t9-,12+,14+,15+,18+/m0/s1. The van der Waals surface area contributed by atoms with E-state index >= 15 is 0 Å². The van der Waals surface area contributed by atoms with Crippen LogP contribution in [0.25, 0.3) is 11.2 Å². The summed E-state index contributed by atoms with van der Waals surface area (Å²) in [4.78, 5) is 41.7. The number of aliphatic hydroxyl groups excluding tert-OH is 2. The molecule has 1 aliphatic rings. The molecule has 2 aromatic heterocycles. The molecule has 0 saturated carbocycles. The molecule has 1 saturated heterocycles. The van der Waals surface area contributed by atoms with Gasteiger partial charge in [-0.05, 0) is 6.92 Å². The Balaban J connectivity index is 1.64. The van der Waals surface area contributed by atoms with E-state index in [1.165, 1.54) is 23.3 Å². The number of nitrogens with zero attached hydrogens (tertiary/aromatic N) is 5. The number of rotatable bonds is 8. The van der Waals surface area contributed by atoms with Crippen LogP contribution in [0, 0.1) is 10.1 Å². The quantitative estimate of drug-likeness (QED) is 0.165. The van der Waals surface area contributed by atoms with Crippen molar-refractivity contribution < 1.29 is 38.7 Å². The van der Waals surface area contributed by atoms with E-state index in [0.717, 1.165) is 0 Å². The predicted molar refractivity (Wildman–Crippen MR) is 114 cm³/mol. The van der Waals surface area contributed by atoms with E-state index in [1.807, 2.05) is 0 Å². The maximum atomic E-state index is 11.4. The third-order valence-electron chi connectivity index (χ3n) is 5.33. The number of nitro groups is 1. The molecule has 16 heteroatoms. The molecule has 3 heterocycles. The molecule has 0 aliphatic carbocycles. The van der Waals surface area contributed by atoms with Crippen LogP contribution in [0.2, 0.25) is 0 Å². The molecule has 5 atom stereocenters. The number of anilines is 1. The number of imidazole rings is 1. The van der Waals surface area contributed by atoms with Gasteiger partial charge in [0.1, 0.15) is 24.6 Å². The van der Waals surface area contributed by atoms with Gasteiger partial charge in [-0.15, -0.1) is 0 Å². The van der Waals surface area contributed by atoms with Crippen molar-refractivity contribution in [1.29, 1.82) is 0 Å². The second-order valence-electron chi connectivity index (χ2n) is 7.53. The number of ether oxygens (including phenoxy) is 1. The Morgan fingerprint density at radius 1 is 1.32 bits per heavy atom. The van der Waals surface area contributed by atoms with E-state index in [1.54, 1.807) is 25.1 Å². The predicted octanol–water partition coefficient (Wildman–Crippen LogP) is 0.636. The summed E-state index contributed by atoms with van der Waals surface area (Å²) in [6.45, 7) is 1.05. The SMILES string of the molecule is C[C@H](Nc1ncnc2c1ncn2[C@@H]1O[C@H](CO)[C@@H](OP(=O)(O)O)[C@H]1O)c1ccccc1[N+](=O)[O-]. The van der Waals surface area contributed by atoms with Gasteiger partial charge in [0, 0.05) is 6.07 Å². The molecule has 5 N–H and O–H groups in total. The Bertz CT molecular complexity index is 1250. The van der Waals surface area contributed by atoms with Crippen molar-refractivity contribution in [3.05, 3.63) is 52.6 Å². The minimum atomic E-state index is -4.98. The molecule has 182 valence electrons. The minimum absolute atomic E-state index is 0.0630. The second-order valence-corrected chi connectivity index (χ2v) is 8.72. The zero-order valence-corrected chi connectivity index (χ0v) is 18.5. The third-order valence-corrected chi connectivity index (χ3v) is 5.85. The van der Waals surface area contributed by atoms with E-state index in [0.29, 0.717) is 5.56 Å². The number of nitro benzene ring substituents is 1. The molecule has 0 unspecified atom stereocenters. The zero-order chi connectivity index (χ0) is 24.6. The van der Waals surface area contributed by atoms with Crippen LogP contribution in [0.3, 0.4) is 0 Å². The van der Waals surface area contributed by atoms with Gasteiger partial charge in [-0.25, -0.2) is 19.5 Å². The first-order valence-electron chi connectivity index (χ1n) is 9.96. The highest BCUT2D eigenvalue weighted by atomic mass is 31.2. The molecule has 15 nitrogen and oxygen atoms in total. The van der Waals surface area contributed by atoms with Gasteiger partial charge in [-0.1, -0.05) is 18.2 Å². The van der Waals surface area contributed by atoms with Crippen LogP contribution in [0.5, 0.6) is 0 Å². The van der Waals surface area contributed by atoms with Gasteiger partial charge in [0.25, 0.3) is 5.69 Å². The zero-order valence-electron chi connectivity index (χ0n) is 17.6. The Morgan fingerprint density at radius 3 is 2.74 bits per heavy atom. The highest BCUT2D eigenvalue weighted by Gasteiger charge is 2.48. The van der Waals surface area contributed by atoms with Crippen LogP contribution >= 0.6 is 7.82 Å². The van der Waals surface area contributed by atoms with Gasteiger partial charge in [0.2, 0.25) is 0 Å². The van der Waals surface area contributed by atoms with E-state index in [4.69, 9.17) is 14.5 Å². The smallest absolute Gasteiger partial charge is 0.394 e. The molecule has 1 aromatic carbocycles. The first-order chi connectivity index (χ1) is 16.1. The lowest BCUT2D eigenvalue weighted by atomic mass is 10.1. The van der Waals surface area contributed by atoms with Gasteiger partial charge < -0.3 is 30.1 Å². The number of hydrogen-bond acceptors (Lipinski definition) is 11. The number of aromatic nitrogens is 4. The van der Waals surface area contributed by atoms with Gasteiger partial charge >= 0.3 is 7.82 Å². The highest BCUT2D eigenvalue weighted by Crippen LogP contribution is 2.44. The van der Waals surface area contributed by atoms with E-state index in [9.17, 15) is 24.9 Å². The molecule has 0 radical (unpaired) electrons. The monoisotopic (exact) mass is 496 g/mol. The number of phosphoric acid groups is 1. The number of hydrogen-bond donors (Lipinski definition) is 5. The molecule has 0 bridgehead atoms. The third kappa shape index (κ3) is 4.63.